The summed E-state index contributed by atoms with van der Waals surface area (Å²) in [6.45, 7) is 4.47. The van der Waals surface area contributed by atoms with Crippen LogP contribution in [0.4, 0.5) is 0 Å². The fraction of sp³-hybridized carbons (Fsp3) is 0.350. The molecule has 0 amide bonds. The molecule has 0 aliphatic carbocycles. The molecule has 1 aliphatic heterocycles. The summed E-state index contributed by atoms with van der Waals surface area (Å²) < 4.78 is 16.6. The lowest BCUT2D eigenvalue weighted by molar-refractivity contribution is 0.0725. The highest BCUT2D eigenvalue weighted by Crippen LogP contribution is 2.40. The number of esters is 1. The van der Waals surface area contributed by atoms with Crippen LogP contribution in [0.25, 0.3) is 0 Å². The van der Waals surface area contributed by atoms with E-state index in [1.807, 2.05) is 18.2 Å². The first-order valence-corrected chi connectivity index (χ1v) is 8.67. The smallest absolute Gasteiger partial charge is 0.343 e. The van der Waals surface area contributed by atoms with Crippen molar-refractivity contribution in [3.05, 3.63) is 53.6 Å². The van der Waals surface area contributed by atoms with Crippen molar-refractivity contribution in [3.8, 4) is 17.2 Å². The number of ether oxygens (including phenoxy) is 3. The summed E-state index contributed by atoms with van der Waals surface area (Å²) in [5.74, 6) is 0.967. The van der Waals surface area contributed by atoms with E-state index in [1.165, 1.54) is 0 Å². The predicted molar refractivity (Wildman–Crippen MR) is 114 cm³/mol. The largest absolute Gasteiger partial charge is 0.493 e. The predicted octanol–water partition coefficient (Wildman–Crippen LogP) is 3.17. The molecule has 0 atom stereocenters. The fourth-order valence-electron chi connectivity index (χ4n) is 3.01. The molecule has 1 saturated heterocycles. The van der Waals surface area contributed by atoms with Gasteiger partial charge in [0.2, 0.25) is 5.75 Å². The Labute approximate surface area is 178 Å². The summed E-state index contributed by atoms with van der Waals surface area (Å²) in [5.41, 5.74) is 1.39. The van der Waals surface area contributed by atoms with Gasteiger partial charge in [0.15, 0.2) is 11.5 Å². The van der Waals surface area contributed by atoms with E-state index >= 15 is 0 Å². The van der Waals surface area contributed by atoms with Gasteiger partial charge in [-0.3, -0.25) is 4.90 Å². The van der Waals surface area contributed by atoms with Crippen molar-refractivity contribution in [3.63, 3.8) is 0 Å². The molecule has 1 aliphatic rings. The molecule has 0 spiro atoms. The first-order valence-electron chi connectivity index (χ1n) is 8.67. The van der Waals surface area contributed by atoms with Gasteiger partial charge in [0, 0.05) is 38.3 Å². The third-order valence-electron chi connectivity index (χ3n) is 4.39. The summed E-state index contributed by atoms with van der Waals surface area (Å²) in [5, 5.41) is 3.34. The van der Waals surface area contributed by atoms with Crippen molar-refractivity contribution in [2.45, 2.75) is 6.54 Å². The summed E-state index contributed by atoms with van der Waals surface area (Å²) in [7, 11) is 3.11. The van der Waals surface area contributed by atoms with Gasteiger partial charge in [-0.25, -0.2) is 4.79 Å². The van der Waals surface area contributed by atoms with Crippen LogP contribution in [0.2, 0.25) is 0 Å². The van der Waals surface area contributed by atoms with Gasteiger partial charge >= 0.3 is 5.97 Å². The molecular weight excluding hydrogens is 403 g/mol. The maximum absolute atomic E-state index is 12.6. The molecular formula is C20H26Cl2N2O4. The number of hydrogen-bond acceptors (Lipinski definition) is 6. The van der Waals surface area contributed by atoms with Crippen molar-refractivity contribution in [1.82, 2.24) is 10.2 Å². The van der Waals surface area contributed by atoms with Gasteiger partial charge in [-0.2, -0.15) is 0 Å². The number of carbonyl (C=O) groups is 1. The zero-order valence-electron chi connectivity index (χ0n) is 16.0. The average Bonchev–Trinajstić information content (AvgIpc) is 2.70. The van der Waals surface area contributed by atoms with Crippen LogP contribution >= 0.6 is 24.8 Å². The Morgan fingerprint density at radius 3 is 2.25 bits per heavy atom. The van der Waals surface area contributed by atoms with Gasteiger partial charge in [0.05, 0.1) is 19.8 Å². The molecule has 6 nitrogen and oxygen atoms in total. The van der Waals surface area contributed by atoms with Crippen molar-refractivity contribution in [2.24, 2.45) is 0 Å². The van der Waals surface area contributed by atoms with Gasteiger partial charge in [0.1, 0.15) is 0 Å². The second kappa shape index (κ2) is 11.8. The molecule has 0 radical (unpaired) electrons. The van der Waals surface area contributed by atoms with E-state index in [-0.39, 0.29) is 24.8 Å². The summed E-state index contributed by atoms with van der Waals surface area (Å²) in [6, 6.07) is 12.7. The topological polar surface area (TPSA) is 60.0 Å². The maximum Gasteiger partial charge on any atom is 0.343 e. The Balaban J connectivity index is 0.00000196. The van der Waals surface area contributed by atoms with E-state index in [9.17, 15) is 4.79 Å². The number of hydrogen-bond donors (Lipinski definition) is 1. The summed E-state index contributed by atoms with van der Waals surface area (Å²) in [6.07, 6.45) is 0. The Morgan fingerprint density at radius 1 is 0.964 bits per heavy atom. The molecule has 0 unspecified atom stereocenters. The number of nitrogens with one attached hydrogen (secondary N) is 1. The maximum atomic E-state index is 12.6. The third-order valence-corrected chi connectivity index (χ3v) is 4.39. The van der Waals surface area contributed by atoms with Crippen LogP contribution in [0.5, 0.6) is 17.2 Å². The van der Waals surface area contributed by atoms with Gasteiger partial charge < -0.3 is 19.5 Å². The van der Waals surface area contributed by atoms with Crippen LogP contribution in [-0.4, -0.2) is 51.3 Å². The minimum absolute atomic E-state index is 0. The zero-order chi connectivity index (χ0) is 18.4. The number of nitrogens with zero attached hydrogens (tertiary/aromatic N) is 1. The molecule has 28 heavy (non-hydrogen) atoms. The Morgan fingerprint density at radius 2 is 1.64 bits per heavy atom. The lowest BCUT2D eigenvalue weighted by atomic mass is 10.1. The number of carbonyl (C=O) groups excluding carboxylic acids is 1. The van der Waals surface area contributed by atoms with Crippen LogP contribution in [0.3, 0.4) is 0 Å². The second-order valence-corrected chi connectivity index (χ2v) is 6.07. The highest BCUT2D eigenvalue weighted by atomic mass is 35.5. The lowest BCUT2D eigenvalue weighted by Gasteiger charge is -2.28. The Bertz CT molecular complexity index is 753. The van der Waals surface area contributed by atoms with Crippen molar-refractivity contribution in [2.75, 3.05) is 40.4 Å². The zero-order valence-corrected chi connectivity index (χ0v) is 17.6. The van der Waals surface area contributed by atoms with E-state index in [0.29, 0.717) is 29.4 Å². The fourth-order valence-corrected chi connectivity index (χ4v) is 3.01. The Hall–Kier alpha value is -1.99. The van der Waals surface area contributed by atoms with E-state index in [0.717, 1.165) is 31.7 Å². The van der Waals surface area contributed by atoms with Crippen molar-refractivity contribution >= 4 is 30.8 Å². The quantitative estimate of drug-likeness (QED) is 0.563. The molecule has 1 heterocycles. The van der Waals surface area contributed by atoms with Crippen LogP contribution < -0.4 is 19.5 Å². The van der Waals surface area contributed by atoms with E-state index in [4.69, 9.17) is 14.2 Å². The van der Waals surface area contributed by atoms with Crippen LogP contribution in [-0.2, 0) is 6.54 Å². The molecule has 1 fully saturated rings. The molecule has 2 aromatic rings. The summed E-state index contributed by atoms with van der Waals surface area (Å²) >= 11 is 0. The van der Waals surface area contributed by atoms with Crippen molar-refractivity contribution < 1.29 is 19.0 Å². The summed E-state index contributed by atoms with van der Waals surface area (Å²) in [4.78, 5) is 14.9. The van der Waals surface area contributed by atoms with E-state index in [1.54, 1.807) is 38.5 Å². The molecule has 1 N–H and O–H groups in total. The van der Waals surface area contributed by atoms with E-state index < -0.39 is 5.97 Å². The van der Waals surface area contributed by atoms with E-state index in [2.05, 4.69) is 10.2 Å². The molecule has 3 rings (SSSR count). The number of rotatable bonds is 6. The molecule has 0 bridgehead atoms. The number of halogens is 2. The third kappa shape index (κ3) is 5.75. The van der Waals surface area contributed by atoms with Crippen LogP contribution in [0.1, 0.15) is 15.9 Å². The first-order chi connectivity index (χ1) is 12.7. The molecule has 2 aromatic carbocycles. The SMILES string of the molecule is COc1ccc(CN2CCNCC2)c(OC(=O)c2ccccc2)c1OC.Cl.Cl. The first kappa shape index (κ1) is 24.0. The standard InChI is InChI=1S/C20H24N2O4.2ClH/c1-24-17-9-8-16(14-22-12-10-21-11-13-22)18(19(17)25-2)26-20(23)15-6-4-3-5-7-15;;/h3-9,21H,10-14H2,1-2H3;2*1H. The highest BCUT2D eigenvalue weighted by molar-refractivity contribution is 5.91. The minimum Gasteiger partial charge on any atom is -0.493 e. The number of methoxy groups -OCH3 is 2. The van der Waals surface area contributed by atoms with Crippen LogP contribution in [0.15, 0.2) is 42.5 Å². The van der Waals surface area contributed by atoms with Gasteiger partial charge in [-0.1, -0.05) is 24.3 Å². The molecule has 8 heteroatoms. The van der Waals surface area contributed by atoms with Crippen molar-refractivity contribution in [1.29, 1.82) is 0 Å². The normalized spacial score (nSPS) is 13.6. The molecule has 0 saturated carbocycles. The van der Waals surface area contributed by atoms with Crippen LogP contribution in [0, 0.1) is 0 Å². The van der Waals surface area contributed by atoms with Gasteiger partial charge in [-0.15, -0.1) is 24.8 Å². The van der Waals surface area contributed by atoms with Gasteiger partial charge in [0.25, 0.3) is 0 Å². The highest BCUT2D eigenvalue weighted by Gasteiger charge is 2.22. The average molecular weight is 429 g/mol. The molecule has 0 aromatic heterocycles. The Kier molecular flexibility index (Phi) is 10.1. The lowest BCUT2D eigenvalue weighted by Crippen LogP contribution is -2.42. The monoisotopic (exact) mass is 428 g/mol. The minimum atomic E-state index is -0.418. The van der Waals surface area contributed by atoms with Gasteiger partial charge in [-0.05, 0) is 18.2 Å². The second-order valence-electron chi connectivity index (χ2n) is 6.07. The number of benzene rings is 2. The molecule has 154 valence electrons. The number of piperazine rings is 1.